The first-order valence-electron chi connectivity index (χ1n) is 8.47. The van der Waals surface area contributed by atoms with E-state index in [0.717, 1.165) is 19.3 Å². The molecular formula is C16H26ClN3O4. The lowest BCUT2D eigenvalue weighted by Gasteiger charge is -2.39. The van der Waals surface area contributed by atoms with E-state index in [4.69, 9.17) is 5.73 Å². The predicted octanol–water partition coefficient (Wildman–Crippen LogP) is -0.644. The van der Waals surface area contributed by atoms with Crippen LogP contribution < -0.4 is 16.4 Å². The molecule has 0 spiro atoms. The Morgan fingerprint density at radius 1 is 1.33 bits per heavy atom. The molecule has 2 heterocycles. The first-order valence-corrected chi connectivity index (χ1v) is 8.47. The molecule has 2 saturated heterocycles. The topological polar surface area (TPSA) is 122 Å². The normalized spacial score (nSPS) is 35.9. The van der Waals surface area contributed by atoms with E-state index in [1.165, 1.54) is 0 Å². The second-order valence-electron chi connectivity index (χ2n) is 7.10. The van der Waals surface area contributed by atoms with Gasteiger partial charge in [0.1, 0.15) is 12.1 Å². The molecule has 3 rings (SSSR count). The summed E-state index contributed by atoms with van der Waals surface area (Å²) in [6.07, 6.45) is 3.82. The number of carbonyl (C=O) groups is 3. The summed E-state index contributed by atoms with van der Waals surface area (Å²) in [6, 6.07) is 0. The minimum absolute atomic E-state index is 0. The molecule has 3 unspecified atom stereocenters. The van der Waals surface area contributed by atoms with Gasteiger partial charge in [0.15, 0.2) is 5.78 Å². The van der Waals surface area contributed by atoms with Crippen molar-refractivity contribution in [1.82, 2.24) is 10.6 Å². The molecule has 0 bridgehead atoms. The summed E-state index contributed by atoms with van der Waals surface area (Å²) in [5, 5.41) is 15.4. The third-order valence-electron chi connectivity index (χ3n) is 6.09. The van der Waals surface area contributed by atoms with E-state index < -0.39 is 29.8 Å². The molecule has 0 aromatic carbocycles. The molecule has 1 aliphatic carbocycles. The van der Waals surface area contributed by atoms with Gasteiger partial charge >= 0.3 is 0 Å². The van der Waals surface area contributed by atoms with Crippen LogP contribution in [0.2, 0.25) is 0 Å². The minimum atomic E-state index is -1.12. The van der Waals surface area contributed by atoms with Gasteiger partial charge in [0.2, 0.25) is 11.8 Å². The number of ketones is 1. The summed E-state index contributed by atoms with van der Waals surface area (Å²) in [5.74, 6) is -1.69. The molecule has 136 valence electrons. The first-order chi connectivity index (χ1) is 11.0. The highest BCUT2D eigenvalue weighted by Gasteiger charge is 2.60. The summed E-state index contributed by atoms with van der Waals surface area (Å²) < 4.78 is 0. The van der Waals surface area contributed by atoms with Crippen LogP contribution in [0.25, 0.3) is 0 Å². The number of amides is 2. The van der Waals surface area contributed by atoms with E-state index in [0.29, 0.717) is 25.4 Å². The number of primary amides is 1. The maximum absolute atomic E-state index is 12.5. The van der Waals surface area contributed by atoms with Crippen molar-refractivity contribution in [2.45, 2.75) is 37.6 Å². The van der Waals surface area contributed by atoms with Gasteiger partial charge in [-0.1, -0.05) is 6.42 Å². The number of nitrogens with two attached hydrogens (primary N) is 1. The van der Waals surface area contributed by atoms with Gasteiger partial charge in [0.05, 0.1) is 0 Å². The number of aliphatic hydroxyl groups excluding tert-OH is 1. The van der Waals surface area contributed by atoms with Crippen molar-refractivity contribution in [3.8, 4) is 0 Å². The van der Waals surface area contributed by atoms with Gasteiger partial charge in [-0.25, -0.2) is 0 Å². The van der Waals surface area contributed by atoms with Gasteiger partial charge in [-0.15, -0.1) is 12.4 Å². The number of fused-ring (bicyclic) bond motifs is 1. The van der Waals surface area contributed by atoms with Crippen LogP contribution in [0.15, 0.2) is 0 Å². The zero-order valence-electron chi connectivity index (χ0n) is 13.6. The lowest BCUT2D eigenvalue weighted by Crippen LogP contribution is -2.63. The maximum atomic E-state index is 12.5. The highest BCUT2D eigenvalue weighted by Crippen LogP contribution is 2.48. The summed E-state index contributed by atoms with van der Waals surface area (Å²) >= 11 is 0. The number of Topliss-reactive ketones (excluding diaryl/α,β-unsaturated/α-hetero) is 1. The molecule has 0 aromatic heterocycles. The Morgan fingerprint density at radius 3 is 2.67 bits per heavy atom. The van der Waals surface area contributed by atoms with Crippen LogP contribution in [0.1, 0.15) is 32.1 Å². The summed E-state index contributed by atoms with van der Waals surface area (Å²) in [7, 11) is 0. The Bertz CT molecular complexity index is 529. The average molecular weight is 360 g/mol. The van der Waals surface area contributed by atoms with Crippen molar-refractivity contribution >= 4 is 30.0 Å². The van der Waals surface area contributed by atoms with E-state index in [-0.39, 0.29) is 36.6 Å². The largest absolute Gasteiger partial charge is 0.389 e. The number of hydrogen-bond acceptors (Lipinski definition) is 5. The number of halogens is 1. The van der Waals surface area contributed by atoms with E-state index >= 15 is 0 Å². The number of aliphatic hydroxyl groups is 1. The summed E-state index contributed by atoms with van der Waals surface area (Å²) in [6.45, 7) is 0.624. The van der Waals surface area contributed by atoms with Crippen LogP contribution >= 0.6 is 12.4 Å². The molecule has 1 saturated carbocycles. The van der Waals surface area contributed by atoms with Crippen molar-refractivity contribution in [2.75, 3.05) is 19.7 Å². The SMILES string of the molecule is Cl.NC(=O)C1([C@H](C[C@H]2CCNC2=O)C(=O)CO)NCC2CCCC21. The smallest absolute Gasteiger partial charge is 0.238 e. The lowest BCUT2D eigenvalue weighted by atomic mass is 9.67. The molecule has 5 N–H and O–H groups in total. The monoisotopic (exact) mass is 359 g/mol. The van der Waals surface area contributed by atoms with Crippen molar-refractivity contribution in [3.05, 3.63) is 0 Å². The molecular weight excluding hydrogens is 334 g/mol. The molecule has 5 atom stereocenters. The highest BCUT2D eigenvalue weighted by atomic mass is 35.5. The van der Waals surface area contributed by atoms with Crippen molar-refractivity contribution in [3.63, 3.8) is 0 Å². The van der Waals surface area contributed by atoms with E-state index in [1.807, 2.05) is 0 Å². The third-order valence-corrected chi connectivity index (χ3v) is 6.09. The van der Waals surface area contributed by atoms with Gasteiger partial charge in [0.25, 0.3) is 0 Å². The van der Waals surface area contributed by atoms with Crippen LogP contribution in [0, 0.1) is 23.7 Å². The quantitative estimate of drug-likeness (QED) is 0.502. The number of nitrogens with one attached hydrogen (secondary N) is 2. The predicted molar refractivity (Wildman–Crippen MR) is 89.3 cm³/mol. The van der Waals surface area contributed by atoms with Gasteiger partial charge < -0.3 is 21.5 Å². The minimum Gasteiger partial charge on any atom is -0.389 e. The van der Waals surface area contributed by atoms with Crippen LogP contribution in [-0.2, 0) is 14.4 Å². The fourth-order valence-electron chi connectivity index (χ4n) is 4.97. The Morgan fingerprint density at radius 2 is 2.08 bits per heavy atom. The van der Waals surface area contributed by atoms with Gasteiger partial charge in [-0.3, -0.25) is 14.4 Å². The van der Waals surface area contributed by atoms with Crippen LogP contribution in [0.5, 0.6) is 0 Å². The lowest BCUT2D eigenvalue weighted by molar-refractivity contribution is -0.139. The second kappa shape index (κ2) is 7.37. The average Bonchev–Trinajstić information content (AvgIpc) is 3.21. The zero-order valence-corrected chi connectivity index (χ0v) is 14.4. The van der Waals surface area contributed by atoms with E-state index in [9.17, 15) is 19.5 Å². The molecule has 2 aliphatic heterocycles. The molecule has 24 heavy (non-hydrogen) atoms. The Hall–Kier alpha value is -1.18. The van der Waals surface area contributed by atoms with Crippen LogP contribution in [0.4, 0.5) is 0 Å². The third kappa shape index (κ3) is 2.93. The zero-order chi connectivity index (χ0) is 16.6. The fraction of sp³-hybridized carbons (Fsp3) is 0.812. The molecule has 3 fully saturated rings. The maximum Gasteiger partial charge on any atom is 0.238 e. The van der Waals surface area contributed by atoms with Crippen molar-refractivity contribution in [2.24, 2.45) is 29.4 Å². The fourth-order valence-corrected chi connectivity index (χ4v) is 4.97. The van der Waals surface area contributed by atoms with Crippen LogP contribution in [-0.4, -0.2) is 47.9 Å². The van der Waals surface area contributed by atoms with Crippen molar-refractivity contribution in [1.29, 1.82) is 0 Å². The number of rotatable bonds is 6. The van der Waals surface area contributed by atoms with Gasteiger partial charge in [0, 0.05) is 18.4 Å². The molecule has 7 nitrogen and oxygen atoms in total. The molecule has 8 heteroatoms. The molecule has 2 amide bonds. The Balaban J connectivity index is 0.00000208. The molecule has 0 radical (unpaired) electrons. The van der Waals surface area contributed by atoms with Gasteiger partial charge in [-0.2, -0.15) is 0 Å². The first kappa shape index (κ1) is 19.1. The molecule has 0 aromatic rings. The molecule has 3 aliphatic rings. The Kier molecular flexibility index (Phi) is 5.88. The van der Waals surface area contributed by atoms with Crippen LogP contribution in [0.3, 0.4) is 0 Å². The number of hydrogen-bond donors (Lipinski definition) is 4. The highest BCUT2D eigenvalue weighted by molar-refractivity contribution is 5.95. The van der Waals surface area contributed by atoms with E-state index in [1.54, 1.807) is 0 Å². The van der Waals surface area contributed by atoms with Crippen molar-refractivity contribution < 1.29 is 19.5 Å². The van der Waals surface area contributed by atoms with Gasteiger partial charge in [-0.05, 0) is 44.1 Å². The second-order valence-corrected chi connectivity index (χ2v) is 7.10. The summed E-state index contributed by atoms with van der Waals surface area (Å²) in [4.78, 5) is 36.8. The summed E-state index contributed by atoms with van der Waals surface area (Å²) in [5.41, 5.74) is 4.63. The van der Waals surface area contributed by atoms with E-state index in [2.05, 4.69) is 10.6 Å². The standard InChI is InChI=1S/C16H25N3O4.ClH/c17-15(23)16(11-3-1-2-10(11)7-19-16)12(13(21)8-20)6-9-4-5-18-14(9)22;/h9-12,19-20H,1-8H2,(H2,17,23)(H,18,22);1H/t9-,10?,11?,12-,16?;/m1./s1. The number of carbonyl (C=O) groups excluding carboxylic acids is 3. The Labute approximate surface area is 147 Å².